The molecule has 1 aliphatic rings. The molecular formula is C22H40N2O4. The molecule has 0 aromatic rings. The second-order valence-corrected chi connectivity index (χ2v) is 9.23. The Hall–Kier alpha value is -1.27. The number of rotatable bonds is 11. The van der Waals surface area contributed by atoms with Crippen molar-refractivity contribution in [3.8, 4) is 0 Å². The van der Waals surface area contributed by atoms with Gasteiger partial charge in [0.2, 0.25) is 5.91 Å². The standard InChI is InChI=1S/C22H40N2O4/c1-13(2)9-16-7-6-8-17(10-16)20(26)11-18(15(5)25)22(28)24-19(12-23)21(27)14(3)4/h13-19,25H,6-12,23H2,1-5H3,(H,24,28)/t15?,16-,17+,18-,19-/m0/s1. The molecule has 0 bridgehead atoms. The predicted molar refractivity (Wildman–Crippen MR) is 111 cm³/mol. The minimum Gasteiger partial charge on any atom is -0.393 e. The summed E-state index contributed by atoms with van der Waals surface area (Å²) in [4.78, 5) is 37.7. The Bertz CT molecular complexity index is 531. The van der Waals surface area contributed by atoms with Crippen LogP contribution in [0.5, 0.6) is 0 Å². The third-order valence-corrected chi connectivity index (χ3v) is 5.85. The van der Waals surface area contributed by atoms with Gasteiger partial charge in [-0.05, 0) is 38.0 Å². The highest BCUT2D eigenvalue weighted by atomic mass is 16.3. The molecule has 1 unspecified atom stereocenters. The van der Waals surface area contributed by atoms with Gasteiger partial charge in [0.05, 0.1) is 18.1 Å². The molecule has 6 heteroatoms. The van der Waals surface area contributed by atoms with E-state index in [1.165, 1.54) is 6.92 Å². The van der Waals surface area contributed by atoms with Crippen molar-refractivity contribution in [3.63, 3.8) is 0 Å². The molecule has 1 fully saturated rings. The van der Waals surface area contributed by atoms with Crippen molar-refractivity contribution in [1.82, 2.24) is 5.32 Å². The fourth-order valence-electron chi connectivity index (χ4n) is 4.26. The van der Waals surface area contributed by atoms with Crippen molar-refractivity contribution >= 4 is 17.5 Å². The van der Waals surface area contributed by atoms with Crippen molar-refractivity contribution in [3.05, 3.63) is 0 Å². The smallest absolute Gasteiger partial charge is 0.226 e. The molecule has 1 saturated carbocycles. The minimum absolute atomic E-state index is 0.00271. The van der Waals surface area contributed by atoms with Gasteiger partial charge in [-0.2, -0.15) is 0 Å². The predicted octanol–water partition coefficient (Wildman–Crippen LogP) is 2.46. The number of aliphatic hydroxyl groups is 1. The quantitative estimate of drug-likeness (QED) is 0.497. The van der Waals surface area contributed by atoms with Gasteiger partial charge in [0.1, 0.15) is 5.78 Å². The molecule has 0 saturated heterocycles. The molecule has 1 aliphatic carbocycles. The van der Waals surface area contributed by atoms with Crippen LogP contribution in [0.25, 0.3) is 0 Å². The zero-order chi connectivity index (χ0) is 21.4. The summed E-state index contributed by atoms with van der Waals surface area (Å²) in [5.41, 5.74) is 5.64. The van der Waals surface area contributed by atoms with Gasteiger partial charge in [-0.3, -0.25) is 14.4 Å². The molecule has 6 nitrogen and oxygen atoms in total. The van der Waals surface area contributed by atoms with Crippen molar-refractivity contribution in [2.75, 3.05) is 6.54 Å². The van der Waals surface area contributed by atoms with Crippen LogP contribution in [0.4, 0.5) is 0 Å². The lowest BCUT2D eigenvalue weighted by Gasteiger charge is -2.30. The Morgan fingerprint density at radius 3 is 2.25 bits per heavy atom. The van der Waals surface area contributed by atoms with Crippen LogP contribution in [0.3, 0.4) is 0 Å². The maximum atomic E-state index is 12.9. The van der Waals surface area contributed by atoms with E-state index in [1.54, 1.807) is 13.8 Å². The first kappa shape index (κ1) is 24.8. The molecule has 1 rings (SSSR count). The van der Waals surface area contributed by atoms with E-state index in [4.69, 9.17) is 5.73 Å². The van der Waals surface area contributed by atoms with Crippen LogP contribution < -0.4 is 11.1 Å². The van der Waals surface area contributed by atoms with Gasteiger partial charge in [0.15, 0.2) is 5.78 Å². The van der Waals surface area contributed by atoms with E-state index in [9.17, 15) is 19.5 Å². The number of carbonyl (C=O) groups is 3. The van der Waals surface area contributed by atoms with Crippen LogP contribution in [0.1, 0.15) is 73.1 Å². The summed E-state index contributed by atoms with van der Waals surface area (Å²) < 4.78 is 0. The van der Waals surface area contributed by atoms with E-state index >= 15 is 0 Å². The highest BCUT2D eigenvalue weighted by Crippen LogP contribution is 2.34. The normalized spacial score (nSPS) is 23.3. The van der Waals surface area contributed by atoms with Crippen LogP contribution in [-0.2, 0) is 14.4 Å². The van der Waals surface area contributed by atoms with Crippen molar-refractivity contribution in [2.45, 2.75) is 85.3 Å². The van der Waals surface area contributed by atoms with Crippen molar-refractivity contribution in [2.24, 2.45) is 35.3 Å². The van der Waals surface area contributed by atoms with Crippen molar-refractivity contribution < 1.29 is 19.5 Å². The Kier molecular flexibility index (Phi) is 10.3. The molecular weight excluding hydrogens is 356 g/mol. The monoisotopic (exact) mass is 396 g/mol. The molecule has 1 amide bonds. The molecule has 0 aliphatic heterocycles. The van der Waals surface area contributed by atoms with Crippen LogP contribution in [0.15, 0.2) is 0 Å². The van der Waals surface area contributed by atoms with Gasteiger partial charge in [-0.1, -0.05) is 40.5 Å². The molecule has 5 atom stereocenters. The lowest BCUT2D eigenvalue weighted by Crippen LogP contribution is -2.51. The number of nitrogens with two attached hydrogens (primary N) is 1. The van der Waals surface area contributed by atoms with Gasteiger partial charge in [-0.15, -0.1) is 0 Å². The number of aliphatic hydroxyl groups excluding tert-OH is 1. The number of amides is 1. The fraction of sp³-hybridized carbons (Fsp3) is 0.864. The zero-order valence-corrected chi connectivity index (χ0v) is 18.2. The summed E-state index contributed by atoms with van der Waals surface area (Å²) in [7, 11) is 0. The Morgan fingerprint density at radius 2 is 1.75 bits per heavy atom. The van der Waals surface area contributed by atoms with Gasteiger partial charge in [0, 0.05) is 24.8 Å². The highest BCUT2D eigenvalue weighted by molar-refractivity contribution is 5.93. The van der Waals surface area contributed by atoms with Crippen molar-refractivity contribution in [1.29, 1.82) is 0 Å². The largest absolute Gasteiger partial charge is 0.393 e. The van der Waals surface area contributed by atoms with Gasteiger partial charge >= 0.3 is 0 Å². The SMILES string of the molecule is CC(C)C[C@@H]1CCC[C@@H](C(=O)C[C@H](C(=O)N[C@@H](CN)C(=O)C(C)C)C(C)O)C1. The van der Waals surface area contributed by atoms with E-state index in [0.717, 1.165) is 32.1 Å². The first-order chi connectivity index (χ1) is 13.1. The first-order valence-electron chi connectivity index (χ1n) is 10.8. The second kappa shape index (κ2) is 11.7. The summed E-state index contributed by atoms with van der Waals surface area (Å²) >= 11 is 0. The third kappa shape index (κ3) is 7.63. The number of nitrogens with one attached hydrogen (secondary N) is 1. The highest BCUT2D eigenvalue weighted by Gasteiger charge is 2.34. The molecule has 0 spiro atoms. The molecule has 28 heavy (non-hydrogen) atoms. The van der Waals surface area contributed by atoms with E-state index in [0.29, 0.717) is 11.8 Å². The van der Waals surface area contributed by atoms with E-state index in [2.05, 4.69) is 19.2 Å². The molecule has 162 valence electrons. The maximum absolute atomic E-state index is 12.9. The van der Waals surface area contributed by atoms with Crippen LogP contribution in [0, 0.1) is 29.6 Å². The van der Waals surface area contributed by atoms with Crippen LogP contribution in [0.2, 0.25) is 0 Å². The summed E-state index contributed by atoms with van der Waals surface area (Å²) in [6.07, 6.45) is 4.11. The Balaban J connectivity index is 2.73. The maximum Gasteiger partial charge on any atom is 0.226 e. The number of ketones is 2. The van der Waals surface area contributed by atoms with E-state index in [-0.39, 0.29) is 36.4 Å². The molecule has 0 radical (unpaired) electrons. The minimum atomic E-state index is -0.966. The number of carbonyl (C=O) groups excluding carboxylic acids is 3. The van der Waals surface area contributed by atoms with Gasteiger partial charge in [-0.25, -0.2) is 0 Å². The lowest BCUT2D eigenvalue weighted by molar-refractivity contribution is -0.137. The number of hydrogen-bond donors (Lipinski definition) is 3. The average molecular weight is 397 g/mol. The third-order valence-electron chi connectivity index (χ3n) is 5.85. The Labute approximate surface area is 170 Å². The van der Waals surface area contributed by atoms with E-state index in [1.807, 2.05) is 0 Å². The molecule has 0 aromatic heterocycles. The number of hydrogen-bond acceptors (Lipinski definition) is 5. The summed E-state index contributed by atoms with van der Waals surface area (Å²) in [6.45, 7) is 9.43. The van der Waals surface area contributed by atoms with E-state index < -0.39 is 24.0 Å². The molecule has 0 aromatic carbocycles. The van der Waals surface area contributed by atoms with Gasteiger partial charge in [0.25, 0.3) is 0 Å². The first-order valence-corrected chi connectivity index (χ1v) is 10.8. The topological polar surface area (TPSA) is 109 Å². The molecule has 0 heterocycles. The average Bonchev–Trinajstić information content (AvgIpc) is 2.62. The van der Waals surface area contributed by atoms with Crippen LogP contribution in [-0.4, -0.2) is 41.3 Å². The number of Topliss-reactive ketones (excluding diaryl/α,β-unsaturated/α-hetero) is 2. The Morgan fingerprint density at radius 1 is 1.11 bits per heavy atom. The summed E-state index contributed by atoms with van der Waals surface area (Å²) in [5.74, 6) is -0.526. The zero-order valence-electron chi connectivity index (χ0n) is 18.2. The lowest BCUT2D eigenvalue weighted by atomic mass is 9.74. The summed E-state index contributed by atoms with van der Waals surface area (Å²) in [6, 6.07) is -0.783. The van der Waals surface area contributed by atoms with Crippen LogP contribution >= 0.6 is 0 Å². The summed E-state index contributed by atoms with van der Waals surface area (Å²) in [5, 5.41) is 12.8. The fourth-order valence-corrected chi connectivity index (χ4v) is 4.26. The second-order valence-electron chi connectivity index (χ2n) is 9.23. The molecule has 4 N–H and O–H groups in total. The van der Waals surface area contributed by atoms with Gasteiger partial charge < -0.3 is 16.2 Å².